The monoisotopic (exact) mass is 318 g/mol. The molecule has 0 aromatic heterocycles. The number of nitrogens with zero attached hydrogens (tertiary/aromatic N) is 4. The molecule has 1 atom stereocenters. The summed E-state index contributed by atoms with van der Waals surface area (Å²) < 4.78 is 0. The maximum absolute atomic E-state index is 9.31. The minimum Gasteiger partial charge on any atom is -0.368 e. The van der Waals surface area contributed by atoms with Gasteiger partial charge in [0.1, 0.15) is 6.07 Å². The van der Waals surface area contributed by atoms with E-state index in [-0.39, 0.29) is 0 Å². The molecule has 22 heavy (non-hydrogen) atoms. The Hall–Kier alpha value is -1.28. The Bertz CT molecular complexity index is 560. The largest absolute Gasteiger partial charge is 0.368 e. The lowest BCUT2D eigenvalue weighted by molar-refractivity contribution is 0.106. The number of hydrogen-bond acceptors (Lipinski definition) is 4. The van der Waals surface area contributed by atoms with Gasteiger partial charge in [0.2, 0.25) is 0 Å². The molecule has 0 bridgehead atoms. The van der Waals surface area contributed by atoms with E-state index < -0.39 is 0 Å². The smallest absolute Gasteiger partial charge is 0.101 e. The lowest BCUT2D eigenvalue weighted by Gasteiger charge is -2.43. The predicted molar refractivity (Wildman–Crippen MR) is 90.5 cm³/mol. The maximum atomic E-state index is 9.31. The molecule has 2 aliphatic rings. The van der Waals surface area contributed by atoms with E-state index in [4.69, 9.17) is 11.6 Å². The molecule has 2 fully saturated rings. The maximum Gasteiger partial charge on any atom is 0.101 e. The minimum atomic E-state index is 0.629. The van der Waals surface area contributed by atoms with Crippen LogP contribution in [0.15, 0.2) is 18.2 Å². The van der Waals surface area contributed by atoms with Crippen LogP contribution in [0.1, 0.15) is 18.4 Å². The average Bonchev–Trinajstić information content (AvgIpc) is 2.55. The third kappa shape index (κ3) is 3.38. The van der Waals surface area contributed by atoms with Crippen LogP contribution in [0.2, 0.25) is 5.02 Å². The van der Waals surface area contributed by atoms with Crippen LogP contribution in [0.25, 0.3) is 0 Å². The fourth-order valence-corrected chi connectivity index (χ4v) is 3.81. The van der Waals surface area contributed by atoms with Gasteiger partial charge in [-0.1, -0.05) is 11.6 Å². The molecule has 2 aliphatic heterocycles. The Morgan fingerprint density at radius 3 is 2.64 bits per heavy atom. The number of likely N-dealkylation sites (N-methyl/N-ethyl adjacent to an activating group) is 1. The van der Waals surface area contributed by atoms with Gasteiger partial charge in [-0.3, -0.25) is 4.90 Å². The lowest BCUT2D eigenvalue weighted by atomic mass is 10.0. The first-order chi connectivity index (χ1) is 10.7. The van der Waals surface area contributed by atoms with Crippen molar-refractivity contribution in [1.82, 2.24) is 9.80 Å². The highest BCUT2D eigenvalue weighted by atomic mass is 35.5. The second-order valence-electron chi connectivity index (χ2n) is 6.35. The van der Waals surface area contributed by atoms with Crippen molar-refractivity contribution >= 4 is 17.3 Å². The van der Waals surface area contributed by atoms with Gasteiger partial charge in [-0.25, -0.2) is 0 Å². The van der Waals surface area contributed by atoms with Gasteiger partial charge >= 0.3 is 0 Å². The second kappa shape index (κ2) is 6.87. The zero-order chi connectivity index (χ0) is 15.5. The van der Waals surface area contributed by atoms with Crippen LogP contribution in [0.5, 0.6) is 0 Å². The van der Waals surface area contributed by atoms with Gasteiger partial charge in [0.15, 0.2) is 0 Å². The van der Waals surface area contributed by atoms with Gasteiger partial charge in [-0.2, -0.15) is 5.26 Å². The van der Waals surface area contributed by atoms with Gasteiger partial charge in [-0.05, 0) is 44.6 Å². The van der Waals surface area contributed by atoms with Crippen LogP contribution in [0.3, 0.4) is 0 Å². The molecule has 3 rings (SSSR count). The quantitative estimate of drug-likeness (QED) is 0.838. The number of anilines is 1. The molecule has 118 valence electrons. The summed E-state index contributed by atoms with van der Waals surface area (Å²) >= 11 is 5.99. The highest BCUT2D eigenvalue weighted by Gasteiger charge is 2.27. The second-order valence-corrected chi connectivity index (χ2v) is 6.79. The topological polar surface area (TPSA) is 33.5 Å². The van der Waals surface area contributed by atoms with Gasteiger partial charge < -0.3 is 9.80 Å². The molecule has 0 saturated carbocycles. The fraction of sp³-hybridized carbons (Fsp3) is 0.588. The third-order valence-corrected chi connectivity index (χ3v) is 5.09. The van der Waals surface area contributed by atoms with Crippen LogP contribution in [-0.2, 0) is 0 Å². The van der Waals surface area contributed by atoms with Crippen LogP contribution in [-0.4, -0.2) is 62.2 Å². The number of rotatable bonds is 2. The zero-order valence-corrected chi connectivity index (χ0v) is 13.9. The molecular formula is C17H23ClN4. The summed E-state index contributed by atoms with van der Waals surface area (Å²) in [6, 6.07) is 8.58. The van der Waals surface area contributed by atoms with Crippen molar-refractivity contribution in [2.45, 2.75) is 18.9 Å². The van der Waals surface area contributed by atoms with Gasteiger partial charge in [0, 0.05) is 43.8 Å². The number of halogens is 1. The Morgan fingerprint density at radius 1 is 1.18 bits per heavy atom. The Kier molecular flexibility index (Phi) is 4.87. The van der Waals surface area contributed by atoms with Gasteiger partial charge in [0.25, 0.3) is 0 Å². The number of benzene rings is 1. The Morgan fingerprint density at radius 2 is 1.95 bits per heavy atom. The van der Waals surface area contributed by atoms with E-state index in [2.05, 4.69) is 27.8 Å². The number of piperidine rings is 1. The molecular weight excluding hydrogens is 296 g/mol. The van der Waals surface area contributed by atoms with E-state index in [1.165, 1.54) is 25.9 Å². The summed E-state index contributed by atoms with van der Waals surface area (Å²) in [4.78, 5) is 7.37. The summed E-state index contributed by atoms with van der Waals surface area (Å²) in [7, 11) is 2.22. The van der Waals surface area contributed by atoms with E-state index >= 15 is 0 Å². The molecule has 1 unspecified atom stereocenters. The van der Waals surface area contributed by atoms with Crippen molar-refractivity contribution in [3.8, 4) is 6.07 Å². The minimum absolute atomic E-state index is 0.629. The molecule has 0 spiro atoms. The first-order valence-electron chi connectivity index (χ1n) is 8.04. The fourth-order valence-electron chi connectivity index (χ4n) is 3.64. The van der Waals surface area contributed by atoms with E-state index in [0.717, 1.165) is 31.9 Å². The number of hydrogen-bond donors (Lipinski definition) is 0. The SMILES string of the molecule is CN1CCCC(N2CCN(c3ccc(Cl)cc3C#N)CC2)C1. The first kappa shape index (κ1) is 15.6. The molecule has 0 N–H and O–H groups in total. The highest BCUT2D eigenvalue weighted by Crippen LogP contribution is 2.26. The Labute approximate surface area is 137 Å². The zero-order valence-electron chi connectivity index (χ0n) is 13.1. The molecule has 1 aromatic carbocycles. The molecule has 0 aliphatic carbocycles. The van der Waals surface area contributed by atoms with E-state index in [9.17, 15) is 5.26 Å². The van der Waals surface area contributed by atoms with E-state index in [0.29, 0.717) is 16.6 Å². The van der Waals surface area contributed by atoms with Gasteiger partial charge in [-0.15, -0.1) is 0 Å². The average molecular weight is 319 g/mol. The number of piperazine rings is 1. The molecule has 5 heteroatoms. The lowest BCUT2D eigenvalue weighted by Crippen LogP contribution is -2.54. The van der Waals surface area contributed by atoms with Crippen LogP contribution >= 0.6 is 11.6 Å². The van der Waals surface area contributed by atoms with Crippen LogP contribution in [0, 0.1) is 11.3 Å². The molecule has 2 heterocycles. The first-order valence-corrected chi connectivity index (χ1v) is 8.42. The van der Waals surface area contributed by atoms with Crippen LogP contribution < -0.4 is 4.90 Å². The summed E-state index contributed by atoms with van der Waals surface area (Å²) in [6.07, 6.45) is 2.62. The molecule has 2 saturated heterocycles. The molecule has 0 amide bonds. The van der Waals surface area contributed by atoms with Crippen molar-refractivity contribution < 1.29 is 0 Å². The van der Waals surface area contributed by atoms with Crippen molar-refractivity contribution in [1.29, 1.82) is 5.26 Å². The van der Waals surface area contributed by atoms with E-state index in [1.807, 2.05) is 12.1 Å². The van der Waals surface area contributed by atoms with Gasteiger partial charge in [0.05, 0.1) is 11.3 Å². The molecule has 4 nitrogen and oxygen atoms in total. The molecule has 1 aromatic rings. The Balaban J connectivity index is 1.63. The number of likely N-dealkylation sites (tertiary alicyclic amines) is 1. The summed E-state index contributed by atoms with van der Waals surface area (Å²) in [6.45, 7) is 6.53. The van der Waals surface area contributed by atoms with Crippen molar-refractivity contribution in [2.24, 2.45) is 0 Å². The third-order valence-electron chi connectivity index (χ3n) is 4.85. The standard InChI is InChI=1S/C17H23ClN4/c1-20-6-2-3-16(13-20)21-7-9-22(10-8-21)17-5-4-15(18)11-14(17)12-19/h4-5,11,16H,2-3,6-10,13H2,1H3. The molecule has 0 radical (unpaired) electrons. The summed E-state index contributed by atoms with van der Waals surface area (Å²) in [5, 5.41) is 9.94. The summed E-state index contributed by atoms with van der Waals surface area (Å²) in [5.41, 5.74) is 1.70. The van der Waals surface area contributed by atoms with Crippen molar-refractivity contribution in [2.75, 3.05) is 51.2 Å². The predicted octanol–water partition coefficient (Wildman–Crippen LogP) is 2.43. The van der Waals surface area contributed by atoms with Crippen LogP contribution in [0.4, 0.5) is 5.69 Å². The van der Waals surface area contributed by atoms with E-state index in [1.54, 1.807) is 6.07 Å². The highest BCUT2D eigenvalue weighted by molar-refractivity contribution is 6.30. The van der Waals surface area contributed by atoms with Crippen molar-refractivity contribution in [3.63, 3.8) is 0 Å². The normalized spacial score (nSPS) is 24.2. The number of nitriles is 1. The summed E-state index contributed by atoms with van der Waals surface area (Å²) in [5.74, 6) is 0. The van der Waals surface area contributed by atoms with Crippen molar-refractivity contribution in [3.05, 3.63) is 28.8 Å².